The second-order valence-corrected chi connectivity index (χ2v) is 7.93. The molecule has 0 aliphatic carbocycles. The van der Waals surface area contributed by atoms with Gasteiger partial charge in [0, 0.05) is 11.4 Å². The monoisotopic (exact) mass is 495 g/mol. The summed E-state index contributed by atoms with van der Waals surface area (Å²) >= 11 is 0. The Labute approximate surface area is 203 Å². The number of aromatic nitrogens is 3. The molecule has 0 saturated carbocycles. The molecule has 184 valence electrons. The third kappa shape index (κ3) is 4.07. The first kappa shape index (κ1) is 24.5. The van der Waals surface area contributed by atoms with E-state index in [1.807, 2.05) is 6.07 Å². The van der Waals surface area contributed by atoms with Crippen LogP contribution in [0.25, 0.3) is 0 Å². The molecule has 11 heteroatoms. The molecule has 0 spiro atoms. The van der Waals surface area contributed by atoms with Crippen LogP contribution in [0.15, 0.2) is 77.3 Å². The minimum Gasteiger partial charge on any atom is -0.466 e. The number of halogens is 3. The first-order valence-corrected chi connectivity index (χ1v) is 10.7. The number of alkyl halides is 3. The zero-order chi connectivity index (χ0) is 26.2. The molecule has 0 radical (unpaired) electrons. The van der Waals surface area contributed by atoms with Crippen LogP contribution in [0.5, 0.6) is 0 Å². The van der Waals surface area contributed by atoms with Crippen molar-refractivity contribution in [1.29, 1.82) is 5.26 Å². The summed E-state index contributed by atoms with van der Waals surface area (Å²) in [5.74, 6) is -0.756. The number of carbonyl (C=O) groups excluding carboxylic acids is 1. The SMILES string of the molecule is C=CCn1nc2n(c1=O)C(c1ccc(C#N)cc1)C(C(=O)OC)=C(C)N2c1cccc(C(F)(F)F)c1. The molecule has 0 amide bonds. The molecule has 1 aliphatic heterocycles. The molecule has 2 aromatic carbocycles. The van der Waals surface area contributed by atoms with E-state index in [9.17, 15) is 22.8 Å². The number of ether oxygens (including phenoxy) is 1. The average molecular weight is 495 g/mol. The van der Waals surface area contributed by atoms with Crippen LogP contribution >= 0.6 is 0 Å². The average Bonchev–Trinajstić information content (AvgIpc) is 3.18. The molecule has 4 rings (SSSR count). The lowest BCUT2D eigenvalue weighted by molar-refractivity contribution is -0.138. The first-order valence-electron chi connectivity index (χ1n) is 10.7. The number of rotatable bonds is 5. The van der Waals surface area contributed by atoms with Gasteiger partial charge in [0.1, 0.15) is 6.04 Å². The number of nitriles is 1. The minimum absolute atomic E-state index is 0.0145. The Morgan fingerprint density at radius 1 is 1.25 bits per heavy atom. The zero-order valence-corrected chi connectivity index (χ0v) is 19.3. The molecule has 0 fully saturated rings. The third-order valence-electron chi connectivity index (χ3n) is 5.80. The normalized spacial score (nSPS) is 15.3. The topological polar surface area (TPSA) is 93.2 Å². The molecular formula is C25H20F3N5O3. The van der Waals surface area contributed by atoms with E-state index in [1.54, 1.807) is 19.1 Å². The Balaban J connectivity index is 2.05. The van der Waals surface area contributed by atoms with Crippen LogP contribution in [0.2, 0.25) is 0 Å². The van der Waals surface area contributed by atoms with Gasteiger partial charge in [-0.1, -0.05) is 24.3 Å². The lowest BCUT2D eigenvalue weighted by Gasteiger charge is -2.35. The molecule has 0 N–H and O–H groups in total. The van der Waals surface area contributed by atoms with E-state index in [1.165, 1.54) is 46.9 Å². The Bertz CT molecular complexity index is 1480. The van der Waals surface area contributed by atoms with Crippen molar-refractivity contribution in [2.75, 3.05) is 12.0 Å². The van der Waals surface area contributed by atoms with Crippen LogP contribution in [-0.4, -0.2) is 27.4 Å². The van der Waals surface area contributed by atoms with Crippen LogP contribution in [0.1, 0.15) is 29.7 Å². The number of benzene rings is 2. The van der Waals surface area contributed by atoms with E-state index >= 15 is 0 Å². The summed E-state index contributed by atoms with van der Waals surface area (Å²) in [5, 5.41) is 13.5. The maximum Gasteiger partial charge on any atom is 0.416 e. The van der Waals surface area contributed by atoms with Gasteiger partial charge in [0.05, 0.1) is 36.4 Å². The fraction of sp³-hybridized carbons (Fsp3) is 0.200. The van der Waals surface area contributed by atoms with E-state index in [-0.39, 0.29) is 29.5 Å². The van der Waals surface area contributed by atoms with Crippen molar-refractivity contribution in [3.63, 3.8) is 0 Å². The molecule has 3 aromatic rings. The van der Waals surface area contributed by atoms with Gasteiger partial charge in [-0.25, -0.2) is 18.8 Å². The molecule has 1 unspecified atom stereocenters. The summed E-state index contributed by atoms with van der Waals surface area (Å²) in [7, 11) is 1.17. The maximum atomic E-state index is 13.5. The standard InChI is InChI=1S/C25H20F3N5O3/c1-4-12-31-24(35)33-21(17-10-8-16(14-29)9-11-17)20(22(34)36-3)15(2)32(23(33)30-31)19-7-5-6-18(13-19)25(26,27)28/h4-11,13,21H,1,12H2,2-3H3. The highest BCUT2D eigenvalue weighted by Crippen LogP contribution is 2.43. The van der Waals surface area contributed by atoms with Gasteiger partial charge in [0.15, 0.2) is 0 Å². The molecule has 36 heavy (non-hydrogen) atoms. The molecule has 1 atom stereocenters. The first-order chi connectivity index (χ1) is 17.1. The Morgan fingerprint density at radius 3 is 2.53 bits per heavy atom. The van der Waals surface area contributed by atoms with Crippen molar-refractivity contribution in [3.05, 3.63) is 99.6 Å². The van der Waals surface area contributed by atoms with Crippen LogP contribution < -0.4 is 10.6 Å². The largest absolute Gasteiger partial charge is 0.466 e. The quantitative estimate of drug-likeness (QED) is 0.387. The lowest BCUT2D eigenvalue weighted by atomic mass is 9.93. The fourth-order valence-electron chi connectivity index (χ4n) is 4.18. The summed E-state index contributed by atoms with van der Waals surface area (Å²) < 4.78 is 47.8. The van der Waals surface area contributed by atoms with Crippen molar-refractivity contribution in [1.82, 2.24) is 14.3 Å². The number of hydrogen-bond donors (Lipinski definition) is 0. The number of esters is 1. The van der Waals surface area contributed by atoms with Gasteiger partial charge in [0.2, 0.25) is 5.95 Å². The predicted molar refractivity (Wildman–Crippen MR) is 124 cm³/mol. The second kappa shape index (κ2) is 9.22. The number of anilines is 2. The van der Waals surface area contributed by atoms with E-state index in [2.05, 4.69) is 11.7 Å². The van der Waals surface area contributed by atoms with Gasteiger partial charge in [-0.15, -0.1) is 11.7 Å². The summed E-state index contributed by atoms with van der Waals surface area (Å²) in [6.07, 6.45) is -3.16. The van der Waals surface area contributed by atoms with Crippen molar-refractivity contribution >= 4 is 17.6 Å². The van der Waals surface area contributed by atoms with Crippen LogP contribution in [0.4, 0.5) is 24.8 Å². The highest BCUT2D eigenvalue weighted by Gasteiger charge is 2.40. The molecule has 1 aromatic heterocycles. The maximum absolute atomic E-state index is 13.5. The van der Waals surface area contributed by atoms with Crippen molar-refractivity contribution < 1.29 is 22.7 Å². The Kier molecular flexibility index (Phi) is 6.28. The van der Waals surface area contributed by atoms with Crippen LogP contribution in [0.3, 0.4) is 0 Å². The zero-order valence-electron chi connectivity index (χ0n) is 19.3. The van der Waals surface area contributed by atoms with Crippen LogP contribution in [0, 0.1) is 11.3 Å². The van der Waals surface area contributed by atoms with Gasteiger partial charge >= 0.3 is 17.8 Å². The number of hydrogen-bond acceptors (Lipinski definition) is 6. The molecule has 8 nitrogen and oxygen atoms in total. The summed E-state index contributed by atoms with van der Waals surface area (Å²) in [4.78, 5) is 27.8. The molecule has 2 heterocycles. The van der Waals surface area contributed by atoms with Gasteiger partial charge in [0.25, 0.3) is 0 Å². The van der Waals surface area contributed by atoms with Gasteiger partial charge in [-0.3, -0.25) is 4.90 Å². The Hall–Kier alpha value is -4.59. The number of carbonyl (C=O) groups is 1. The van der Waals surface area contributed by atoms with Crippen molar-refractivity contribution in [2.24, 2.45) is 0 Å². The molecule has 1 aliphatic rings. The van der Waals surface area contributed by atoms with Crippen LogP contribution in [-0.2, 0) is 22.3 Å². The summed E-state index contributed by atoms with van der Waals surface area (Å²) in [6.45, 7) is 5.20. The minimum atomic E-state index is -4.61. The predicted octanol–water partition coefficient (Wildman–Crippen LogP) is 4.31. The number of nitrogens with zero attached hydrogens (tertiary/aromatic N) is 5. The van der Waals surface area contributed by atoms with E-state index < -0.39 is 29.4 Å². The smallest absolute Gasteiger partial charge is 0.416 e. The molecular weight excluding hydrogens is 475 g/mol. The molecule has 0 bridgehead atoms. The highest BCUT2D eigenvalue weighted by molar-refractivity contribution is 5.93. The van der Waals surface area contributed by atoms with Gasteiger partial charge < -0.3 is 4.74 Å². The van der Waals surface area contributed by atoms with Crippen molar-refractivity contribution in [3.8, 4) is 6.07 Å². The Morgan fingerprint density at radius 2 is 1.94 bits per heavy atom. The summed E-state index contributed by atoms with van der Waals surface area (Å²) in [6, 6.07) is 11.8. The van der Waals surface area contributed by atoms with Gasteiger partial charge in [-0.05, 0) is 42.8 Å². The van der Waals surface area contributed by atoms with Gasteiger partial charge in [-0.2, -0.15) is 18.4 Å². The van der Waals surface area contributed by atoms with Crippen molar-refractivity contribution in [2.45, 2.75) is 25.7 Å². The van der Waals surface area contributed by atoms with E-state index in [0.29, 0.717) is 11.1 Å². The number of allylic oxidation sites excluding steroid dienone is 2. The highest BCUT2D eigenvalue weighted by atomic mass is 19.4. The number of methoxy groups -OCH3 is 1. The molecule has 0 saturated heterocycles. The van der Waals surface area contributed by atoms with E-state index in [4.69, 9.17) is 10.00 Å². The van der Waals surface area contributed by atoms with E-state index in [0.717, 1.165) is 16.8 Å². The third-order valence-corrected chi connectivity index (χ3v) is 5.80. The number of fused-ring (bicyclic) bond motifs is 1. The summed E-state index contributed by atoms with van der Waals surface area (Å²) in [5.41, 5.74) is -0.328. The second-order valence-electron chi connectivity index (χ2n) is 7.93. The lowest BCUT2D eigenvalue weighted by Crippen LogP contribution is -2.38. The fourth-order valence-corrected chi connectivity index (χ4v) is 4.18.